The second-order valence-corrected chi connectivity index (χ2v) is 6.69. The highest BCUT2D eigenvalue weighted by Crippen LogP contribution is 2.17. The molecule has 1 atom stereocenters. The summed E-state index contributed by atoms with van der Waals surface area (Å²) in [5.41, 5.74) is 2.06. The number of likely N-dealkylation sites (tertiary alicyclic amines) is 1. The number of hydrogen-bond acceptors (Lipinski definition) is 6. The molecular formula is C20H29N3O5. The van der Waals surface area contributed by atoms with Gasteiger partial charge in [0, 0.05) is 38.0 Å². The molecule has 1 unspecified atom stereocenters. The lowest BCUT2D eigenvalue weighted by atomic mass is 10.1. The van der Waals surface area contributed by atoms with Gasteiger partial charge in [-0.1, -0.05) is 19.1 Å². The van der Waals surface area contributed by atoms with Crippen LogP contribution in [0.5, 0.6) is 0 Å². The van der Waals surface area contributed by atoms with Crippen LogP contribution in [-0.2, 0) is 30.4 Å². The van der Waals surface area contributed by atoms with E-state index >= 15 is 0 Å². The summed E-state index contributed by atoms with van der Waals surface area (Å²) in [4.78, 5) is 36.4. The van der Waals surface area contributed by atoms with Crippen molar-refractivity contribution in [3.8, 4) is 0 Å². The molecule has 0 spiro atoms. The predicted octanol–water partition coefficient (Wildman–Crippen LogP) is 1.16. The first kappa shape index (κ1) is 21.8. The van der Waals surface area contributed by atoms with Gasteiger partial charge in [0.2, 0.25) is 17.7 Å². The number of rotatable bonds is 12. The molecule has 2 rings (SSSR count). The Kier molecular flexibility index (Phi) is 8.90. The minimum atomic E-state index is -0.227. The quantitative estimate of drug-likeness (QED) is 0.410. The predicted molar refractivity (Wildman–Crippen MR) is 105 cm³/mol. The second-order valence-electron chi connectivity index (χ2n) is 6.69. The van der Waals surface area contributed by atoms with E-state index in [0.717, 1.165) is 11.3 Å². The van der Waals surface area contributed by atoms with Crippen LogP contribution in [0.4, 0.5) is 5.69 Å². The molecular weight excluding hydrogens is 362 g/mol. The Balaban J connectivity index is 1.46. The maximum atomic E-state index is 11.8. The van der Waals surface area contributed by atoms with Gasteiger partial charge in [-0.15, -0.1) is 0 Å². The molecule has 2 N–H and O–H groups in total. The molecule has 1 aliphatic heterocycles. The lowest BCUT2D eigenvalue weighted by Crippen LogP contribution is -2.33. The molecule has 0 radical (unpaired) electrons. The van der Waals surface area contributed by atoms with Crippen LogP contribution >= 0.6 is 0 Å². The van der Waals surface area contributed by atoms with Crippen molar-refractivity contribution in [2.45, 2.75) is 26.3 Å². The number of carbonyl (C=O) groups excluding carboxylic acids is 3. The summed E-state index contributed by atoms with van der Waals surface area (Å²) in [6, 6.07) is 7.84. The van der Waals surface area contributed by atoms with Crippen molar-refractivity contribution >= 4 is 23.4 Å². The number of hydrogen-bond donors (Lipinski definition) is 2. The number of nitrogens with one attached hydrogen (secondary N) is 2. The lowest BCUT2D eigenvalue weighted by molar-refractivity contribution is -0.140. The second kappa shape index (κ2) is 11.4. The number of imide groups is 1. The molecule has 154 valence electrons. The van der Waals surface area contributed by atoms with Gasteiger partial charge in [0.15, 0.2) is 0 Å². The highest BCUT2D eigenvalue weighted by atomic mass is 16.5. The zero-order chi connectivity index (χ0) is 20.4. The first-order valence-electron chi connectivity index (χ1n) is 9.54. The Bertz CT molecular complexity index is 662. The summed E-state index contributed by atoms with van der Waals surface area (Å²) in [7, 11) is 1.86. The molecule has 0 aliphatic carbocycles. The summed E-state index contributed by atoms with van der Waals surface area (Å²) < 4.78 is 10.8. The zero-order valence-corrected chi connectivity index (χ0v) is 16.5. The van der Waals surface area contributed by atoms with E-state index in [2.05, 4.69) is 10.6 Å². The van der Waals surface area contributed by atoms with E-state index in [1.807, 2.05) is 31.3 Å². The SMILES string of the molecule is CNc1ccc(CNC(=O)CCOCCOCCN2C(=O)CC(C)C2=O)cc1. The molecule has 0 aromatic heterocycles. The number of amides is 3. The number of anilines is 1. The van der Waals surface area contributed by atoms with E-state index in [0.29, 0.717) is 33.0 Å². The molecule has 1 aromatic carbocycles. The average molecular weight is 391 g/mol. The maximum absolute atomic E-state index is 11.8. The first-order valence-corrected chi connectivity index (χ1v) is 9.54. The number of benzene rings is 1. The van der Waals surface area contributed by atoms with Gasteiger partial charge in [0.1, 0.15) is 0 Å². The van der Waals surface area contributed by atoms with Gasteiger partial charge in [-0.05, 0) is 17.7 Å². The van der Waals surface area contributed by atoms with Crippen molar-refractivity contribution in [2.75, 3.05) is 45.3 Å². The Morgan fingerprint density at radius 1 is 1.11 bits per heavy atom. The van der Waals surface area contributed by atoms with Gasteiger partial charge in [-0.2, -0.15) is 0 Å². The lowest BCUT2D eigenvalue weighted by Gasteiger charge is -2.14. The number of carbonyl (C=O) groups is 3. The standard InChI is InChI=1S/C20H29N3O5/c1-15-13-19(25)23(20(15)26)8-10-28-12-11-27-9-7-18(24)22-14-16-3-5-17(21-2)6-4-16/h3-6,15,21H,7-14H2,1-2H3,(H,22,24). The fourth-order valence-electron chi connectivity index (χ4n) is 2.80. The van der Waals surface area contributed by atoms with Crippen molar-refractivity contribution in [3.63, 3.8) is 0 Å². The minimum Gasteiger partial charge on any atom is -0.388 e. The number of nitrogens with zero attached hydrogens (tertiary/aromatic N) is 1. The van der Waals surface area contributed by atoms with Crippen LogP contribution in [0.15, 0.2) is 24.3 Å². The topological polar surface area (TPSA) is 97.0 Å². The van der Waals surface area contributed by atoms with E-state index in [-0.39, 0.29) is 43.0 Å². The van der Waals surface area contributed by atoms with Crippen LogP contribution in [0.1, 0.15) is 25.3 Å². The molecule has 1 aromatic rings. The Hall–Kier alpha value is -2.45. The van der Waals surface area contributed by atoms with Crippen LogP contribution < -0.4 is 10.6 Å². The van der Waals surface area contributed by atoms with Gasteiger partial charge >= 0.3 is 0 Å². The maximum Gasteiger partial charge on any atom is 0.232 e. The van der Waals surface area contributed by atoms with Crippen LogP contribution in [0.3, 0.4) is 0 Å². The van der Waals surface area contributed by atoms with E-state index in [4.69, 9.17) is 9.47 Å². The third-order valence-electron chi connectivity index (χ3n) is 4.51. The van der Waals surface area contributed by atoms with Gasteiger partial charge < -0.3 is 20.1 Å². The average Bonchev–Trinajstić information content (AvgIpc) is 2.94. The molecule has 1 aliphatic rings. The van der Waals surface area contributed by atoms with Crippen molar-refractivity contribution in [1.29, 1.82) is 0 Å². The van der Waals surface area contributed by atoms with E-state index in [1.165, 1.54) is 4.90 Å². The van der Waals surface area contributed by atoms with Crippen molar-refractivity contribution < 1.29 is 23.9 Å². The first-order chi connectivity index (χ1) is 13.5. The van der Waals surface area contributed by atoms with Crippen LogP contribution in [-0.4, -0.2) is 62.6 Å². The molecule has 8 heteroatoms. The summed E-state index contributed by atoms with van der Waals surface area (Å²) in [6.45, 7) is 3.83. The van der Waals surface area contributed by atoms with Gasteiger partial charge in [-0.3, -0.25) is 19.3 Å². The third-order valence-corrected chi connectivity index (χ3v) is 4.51. The molecule has 3 amide bonds. The molecule has 8 nitrogen and oxygen atoms in total. The van der Waals surface area contributed by atoms with Crippen LogP contribution in [0.2, 0.25) is 0 Å². The van der Waals surface area contributed by atoms with Crippen LogP contribution in [0, 0.1) is 5.92 Å². The molecule has 1 heterocycles. The normalized spacial score (nSPS) is 16.5. The van der Waals surface area contributed by atoms with Crippen molar-refractivity contribution in [1.82, 2.24) is 10.2 Å². The third kappa shape index (κ3) is 6.94. The monoisotopic (exact) mass is 391 g/mol. The molecule has 0 bridgehead atoms. The largest absolute Gasteiger partial charge is 0.388 e. The Morgan fingerprint density at radius 2 is 1.79 bits per heavy atom. The Labute approximate surface area is 165 Å². The van der Waals surface area contributed by atoms with Crippen molar-refractivity contribution in [2.24, 2.45) is 5.92 Å². The zero-order valence-electron chi connectivity index (χ0n) is 16.5. The fourth-order valence-corrected chi connectivity index (χ4v) is 2.80. The Morgan fingerprint density at radius 3 is 2.39 bits per heavy atom. The van der Waals surface area contributed by atoms with E-state index < -0.39 is 0 Å². The van der Waals surface area contributed by atoms with Crippen molar-refractivity contribution in [3.05, 3.63) is 29.8 Å². The summed E-state index contributed by atoms with van der Waals surface area (Å²) >= 11 is 0. The van der Waals surface area contributed by atoms with Gasteiger partial charge in [0.05, 0.1) is 33.0 Å². The summed E-state index contributed by atoms with van der Waals surface area (Å²) in [5, 5.41) is 5.90. The highest BCUT2D eigenvalue weighted by Gasteiger charge is 2.34. The number of ether oxygens (including phenoxy) is 2. The minimum absolute atomic E-state index is 0.0706. The van der Waals surface area contributed by atoms with Crippen LogP contribution in [0.25, 0.3) is 0 Å². The summed E-state index contributed by atoms with van der Waals surface area (Å²) in [6.07, 6.45) is 0.564. The van der Waals surface area contributed by atoms with Gasteiger partial charge in [0.25, 0.3) is 0 Å². The molecule has 28 heavy (non-hydrogen) atoms. The molecule has 1 fully saturated rings. The smallest absolute Gasteiger partial charge is 0.232 e. The summed E-state index contributed by atoms with van der Waals surface area (Å²) in [5.74, 6) is -0.566. The molecule has 0 saturated carbocycles. The fraction of sp³-hybridized carbons (Fsp3) is 0.550. The van der Waals surface area contributed by atoms with Gasteiger partial charge in [-0.25, -0.2) is 0 Å². The molecule has 1 saturated heterocycles. The van der Waals surface area contributed by atoms with E-state index in [1.54, 1.807) is 6.92 Å². The van der Waals surface area contributed by atoms with E-state index in [9.17, 15) is 14.4 Å². The highest BCUT2D eigenvalue weighted by molar-refractivity contribution is 6.03.